The standard InChI is InChI=1S/C16H13N3O3S2/c1-10-3-2-4-11(7-10)8-12-9-17-16(23-12)18-15(20)13-5-6-14(24-13)19(21)22/h2-7,9H,8H2,1H3,(H,17,18,20). The molecule has 3 rings (SSSR count). The molecular weight excluding hydrogens is 346 g/mol. The Morgan fingerprint density at radius 3 is 2.83 bits per heavy atom. The molecule has 8 heteroatoms. The van der Waals surface area contributed by atoms with E-state index < -0.39 is 4.92 Å². The first-order chi connectivity index (χ1) is 11.5. The molecule has 1 amide bonds. The average molecular weight is 359 g/mol. The lowest BCUT2D eigenvalue weighted by molar-refractivity contribution is -0.380. The second kappa shape index (κ2) is 6.90. The number of aryl methyl sites for hydroxylation is 1. The van der Waals surface area contributed by atoms with Crippen molar-refractivity contribution >= 4 is 38.7 Å². The fourth-order valence-electron chi connectivity index (χ4n) is 2.18. The van der Waals surface area contributed by atoms with Crippen LogP contribution in [0.1, 0.15) is 25.7 Å². The number of aromatic nitrogens is 1. The van der Waals surface area contributed by atoms with Crippen LogP contribution >= 0.6 is 22.7 Å². The molecule has 3 aromatic rings. The summed E-state index contributed by atoms with van der Waals surface area (Å²) < 4.78 is 0. The van der Waals surface area contributed by atoms with Crippen LogP contribution in [0.5, 0.6) is 0 Å². The number of nitro groups is 1. The zero-order valence-corrected chi connectivity index (χ0v) is 14.3. The number of benzene rings is 1. The zero-order valence-electron chi connectivity index (χ0n) is 12.7. The van der Waals surface area contributed by atoms with E-state index in [0.717, 1.165) is 22.6 Å². The lowest BCUT2D eigenvalue weighted by atomic mass is 10.1. The van der Waals surface area contributed by atoms with E-state index in [4.69, 9.17) is 0 Å². The number of nitrogens with one attached hydrogen (secondary N) is 1. The molecule has 122 valence electrons. The Morgan fingerprint density at radius 2 is 2.12 bits per heavy atom. The summed E-state index contributed by atoms with van der Waals surface area (Å²) in [5.41, 5.74) is 2.38. The fourth-order valence-corrected chi connectivity index (χ4v) is 3.73. The minimum atomic E-state index is -0.509. The third kappa shape index (κ3) is 3.84. The molecule has 0 radical (unpaired) electrons. The SMILES string of the molecule is Cc1cccc(Cc2cnc(NC(=O)c3ccc([N+](=O)[O-])s3)s2)c1. The molecule has 6 nitrogen and oxygen atoms in total. The van der Waals surface area contributed by atoms with Crippen molar-refractivity contribution in [2.75, 3.05) is 5.32 Å². The topological polar surface area (TPSA) is 85.1 Å². The molecule has 1 N–H and O–H groups in total. The van der Waals surface area contributed by atoms with Gasteiger partial charge < -0.3 is 0 Å². The van der Waals surface area contributed by atoms with E-state index in [9.17, 15) is 14.9 Å². The maximum atomic E-state index is 12.1. The van der Waals surface area contributed by atoms with Crippen molar-refractivity contribution in [1.82, 2.24) is 4.98 Å². The van der Waals surface area contributed by atoms with E-state index in [2.05, 4.69) is 22.4 Å². The molecule has 0 aliphatic heterocycles. The predicted octanol–water partition coefficient (Wildman–Crippen LogP) is 4.26. The molecule has 1 aromatic carbocycles. The highest BCUT2D eigenvalue weighted by Crippen LogP contribution is 2.26. The molecule has 0 fully saturated rings. The van der Waals surface area contributed by atoms with Gasteiger partial charge in [-0.15, -0.1) is 11.3 Å². The van der Waals surface area contributed by atoms with Crippen LogP contribution in [-0.4, -0.2) is 15.8 Å². The summed E-state index contributed by atoms with van der Waals surface area (Å²) in [6.45, 7) is 2.04. The summed E-state index contributed by atoms with van der Waals surface area (Å²) in [4.78, 5) is 27.8. The van der Waals surface area contributed by atoms with Gasteiger partial charge in [-0.05, 0) is 18.6 Å². The lowest BCUT2D eigenvalue weighted by Crippen LogP contribution is -2.09. The van der Waals surface area contributed by atoms with E-state index in [1.54, 1.807) is 6.20 Å². The maximum Gasteiger partial charge on any atom is 0.324 e. The molecule has 0 saturated carbocycles. The number of anilines is 1. The van der Waals surface area contributed by atoms with Crippen molar-refractivity contribution < 1.29 is 9.72 Å². The second-order valence-electron chi connectivity index (χ2n) is 5.15. The predicted molar refractivity (Wildman–Crippen MR) is 95.0 cm³/mol. The third-order valence-corrected chi connectivity index (χ3v) is 5.18. The first kappa shape index (κ1) is 16.3. The number of hydrogen-bond acceptors (Lipinski definition) is 6. The number of nitrogens with zero attached hydrogens (tertiary/aromatic N) is 2. The normalized spacial score (nSPS) is 10.5. The summed E-state index contributed by atoms with van der Waals surface area (Å²) in [7, 11) is 0. The highest BCUT2D eigenvalue weighted by atomic mass is 32.1. The van der Waals surface area contributed by atoms with Gasteiger partial charge in [-0.1, -0.05) is 41.2 Å². The molecule has 2 aromatic heterocycles. The minimum absolute atomic E-state index is 0.0561. The number of thiophene rings is 1. The van der Waals surface area contributed by atoms with Crippen molar-refractivity contribution in [2.24, 2.45) is 0 Å². The van der Waals surface area contributed by atoms with Gasteiger partial charge >= 0.3 is 5.00 Å². The Morgan fingerprint density at radius 1 is 1.29 bits per heavy atom. The number of carbonyl (C=O) groups is 1. The van der Waals surface area contributed by atoms with Gasteiger partial charge in [0.25, 0.3) is 5.91 Å². The summed E-state index contributed by atoms with van der Waals surface area (Å²) >= 11 is 2.24. The summed E-state index contributed by atoms with van der Waals surface area (Å²) in [5, 5.41) is 13.8. The van der Waals surface area contributed by atoms with Gasteiger partial charge in [0, 0.05) is 23.6 Å². The van der Waals surface area contributed by atoms with Crippen LogP contribution in [0.25, 0.3) is 0 Å². The Kier molecular flexibility index (Phi) is 4.68. The van der Waals surface area contributed by atoms with Gasteiger partial charge in [-0.25, -0.2) is 4.98 Å². The van der Waals surface area contributed by atoms with E-state index in [0.29, 0.717) is 5.13 Å². The van der Waals surface area contributed by atoms with Crippen LogP contribution in [0.4, 0.5) is 10.1 Å². The highest BCUT2D eigenvalue weighted by molar-refractivity contribution is 7.17. The average Bonchev–Trinajstić information content (AvgIpc) is 3.17. The Labute approximate surface area is 146 Å². The molecule has 0 aliphatic carbocycles. The summed E-state index contributed by atoms with van der Waals surface area (Å²) in [6.07, 6.45) is 2.49. The van der Waals surface area contributed by atoms with Gasteiger partial charge in [0.1, 0.15) is 0 Å². The van der Waals surface area contributed by atoms with Gasteiger partial charge in [0.05, 0.1) is 9.80 Å². The monoisotopic (exact) mass is 359 g/mol. The molecule has 2 heterocycles. The van der Waals surface area contributed by atoms with Gasteiger partial charge in [-0.3, -0.25) is 20.2 Å². The quantitative estimate of drug-likeness (QED) is 0.545. The van der Waals surface area contributed by atoms with Gasteiger partial charge in [0.15, 0.2) is 5.13 Å². The van der Waals surface area contributed by atoms with Crippen molar-refractivity contribution in [3.8, 4) is 0 Å². The van der Waals surface area contributed by atoms with Crippen LogP contribution in [0.2, 0.25) is 0 Å². The number of rotatable bonds is 5. The van der Waals surface area contributed by atoms with Crippen molar-refractivity contribution in [3.05, 3.63) is 73.6 Å². The number of hydrogen-bond donors (Lipinski definition) is 1. The lowest BCUT2D eigenvalue weighted by Gasteiger charge is -2.00. The first-order valence-corrected chi connectivity index (χ1v) is 8.70. The van der Waals surface area contributed by atoms with E-state index in [-0.39, 0.29) is 15.8 Å². The maximum absolute atomic E-state index is 12.1. The molecule has 0 spiro atoms. The van der Waals surface area contributed by atoms with Crippen molar-refractivity contribution in [2.45, 2.75) is 13.3 Å². The number of carbonyl (C=O) groups excluding carboxylic acids is 1. The first-order valence-electron chi connectivity index (χ1n) is 7.07. The zero-order chi connectivity index (χ0) is 17.1. The summed E-state index contributed by atoms with van der Waals surface area (Å²) in [5.74, 6) is -0.385. The Balaban J connectivity index is 1.67. The number of thiazole rings is 1. The largest absolute Gasteiger partial charge is 0.324 e. The highest BCUT2D eigenvalue weighted by Gasteiger charge is 2.16. The summed E-state index contributed by atoms with van der Waals surface area (Å²) in [6, 6.07) is 11.0. The smallest absolute Gasteiger partial charge is 0.297 e. The number of amides is 1. The molecule has 24 heavy (non-hydrogen) atoms. The molecular formula is C16H13N3O3S2. The molecule has 0 bridgehead atoms. The second-order valence-corrected chi connectivity index (χ2v) is 7.32. The molecule has 0 atom stereocenters. The molecule has 0 unspecified atom stereocenters. The van der Waals surface area contributed by atoms with E-state index >= 15 is 0 Å². The van der Waals surface area contributed by atoms with Gasteiger partial charge in [0.2, 0.25) is 0 Å². The van der Waals surface area contributed by atoms with Crippen molar-refractivity contribution in [3.63, 3.8) is 0 Å². The van der Waals surface area contributed by atoms with Crippen LogP contribution in [0.3, 0.4) is 0 Å². The Hall–Kier alpha value is -2.58. The minimum Gasteiger partial charge on any atom is -0.297 e. The van der Waals surface area contributed by atoms with Crippen LogP contribution in [0.15, 0.2) is 42.6 Å². The van der Waals surface area contributed by atoms with Crippen LogP contribution in [-0.2, 0) is 6.42 Å². The van der Waals surface area contributed by atoms with E-state index in [1.807, 2.05) is 19.1 Å². The van der Waals surface area contributed by atoms with Gasteiger partial charge in [-0.2, -0.15) is 0 Å². The molecule has 0 aliphatic rings. The molecule has 0 saturated heterocycles. The Bertz CT molecular complexity index is 901. The van der Waals surface area contributed by atoms with Crippen LogP contribution < -0.4 is 5.32 Å². The van der Waals surface area contributed by atoms with Crippen LogP contribution in [0, 0.1) is 17.0 Å². The fraction of sp³-hybridized carbons (Fsp3) is 0.125. The third-order valence-electron chi connectivity index (χ3n) is 3.23. The van der Waals surface area contributed by atoms with E-state index in [1.165, 1.54) is 34.6 Å². The van der Waals surface area contributed by atoms with Crippen molar-refractivity contribution in [1.29, 1.82) is 0 Å².